The van der Waals surface area contributed by atoms with Crippen molar-refractivity contribution in [3.8, 4) is 11.1 Å². The number of nitrogens with one attached hydrogen (secondary N) is 3. The minimum Gasteiger partial charge on any atom is -0.385 e. The molecule has 0 fully saturated rings. The first-order chi connectivity index (χ1) is 15.8. The summed E-state index contributed by atoms with van der Waals surface area (Å²) in [7, 11) is -1.00. The number of fused-ring (bicyclic) bond motifs is 1. The van der Waals surface area contributed by atoms with E-state index in [0.29, 0.717) is 17.6 Å². The first kappa shape index (κ1) is 22.8. The number of H-pyrrole nitrogens is 1. The van der Waals surface area contributed by atoms with Crippen molar-refractivity contribution in [2.75, 3.05) is 30.0 Å². The molecule has 0 amide bonds. The summed E-state index contributed by atoms with van der Waals surface area (Å²) in [5.74, 6) is 0. The lowest BCUT2D eigenvalue weighted by Crippen LogP contribution is -2.09. The Morgan fingerprint density at radius 1 is 1.03 bits per heavy atom. The molecule has 3 N–H and O–H groups in total. The van der Waals surface area contributed by atoms with Gasteiger partial charge in [0.05, 0.1) is 11.7 Å². The Hall–Kier alpha value is -3.40. The quantitative estimate of drug-likeness (QED) is 0.303. The first-order valence-corrected chi connectivity index (χ1v) is 11.8. The molecule has 0 radical (unpaired) electrons. The molecular formula is C23H22F3N5OS. The minimum absolute atomic E-state index is 0.00123. The molecular weight excluding hydrogens is 451 g/mol. The number of benzene rings is 2. The number of rotatable bonds is 8. The molecule has 0 saturated carbocycles. The summed E-state index contributed by atoms with van der Waals surface area (Å²) < 4.78 is 51.2. The molecule has 4 rings (SSSR count). The number of pyridine rings is 1. The monoisotopic (exact) mass is 473 g/mol. The third kappa shape index (κ3) is 5.33. The zero-order valence-corrected chi connectivity index (χ0v) is 18.6. The van der Waals surface area contributed by atoms with Crippen LogP contribution in [-0.2, 0) is 17.0 Å². The summed E-state index contributed by atoms with van der Waals surface area (Å²) in [6.07, 6.45) is 0.789. The largest absolute Gasteiger partial charge is 0.433 e. The molecule has 0 bridgehead atoms. The van der Waals surface area contributed by atoms with Gasteiger partial charge in [-0.05, 0) is 54.4 Å². The molecule has 2 heterocycles. The van der Waals surface area contributed by atoms with Gasteiger partial charge in [-0.1, -0.05) is 6.07 Å². The van der Waals surface area contributed by atoms with Crippen molar-refractivity contribution in [1.82, 2.24) is 15.2 Å². The van der Waals surface area contributed by atoms with E-state index in [4.69, 9.17) is 0 Å². The second-order valence-corrected chi connectivity index (χ2v) is 8.81. The van der Waals surface area contributed by atoms with Crippen LogP contribution in [0.4, 0.5) is 24.5 Å². The van der Waals surface area contributed by atoms with Gasteiger partial charge in [0.2, 0.25) is 0 Å². The summed E-state index contributed by atoms with van der Waals surface area (Å²) in [6, 6.07) is 14.3. The van der Waals surface area contributed by atoms with Crippen molar-refractivity contribution in [3.63, 3.8) is 0 Å². The Bertz CT molecular complexity index is 1270. The van der Waals surface area contributed by atoms with E-state index < -0.39 is 22.7 Å². The van der Waals surface area contributed by atoms with Crippen LogP contribution in [0.1, 0.15) is 12.1 Å². The van der Waals surface area contributed by atoms with E-state index in [-0.39, 0.29) is 5.56 Å². The number of anilines is 2. The summed E-state index contributed by atoms with van der Waals surface area (Å²) in [5.41, 5.74) is 1.98. The van der Waals surface area contributed by atoms with Crippen LogP contribution < -0.4 is 10.6 Å². The maximum Gasteiger partial charge on any atom is 0.433 e. The fourth-order valence-corrected chi connectivity index (χ4v) is 4.02. The van der Waals surface area contributed by atoms with Crippen molar-refractivity contribution in [2.45, 2.75) is 17.5 Å². The lowest BCUT2D eigenvalue weighted by molar-refractivity contribution is -0.140. The number of aromatic nitrogens is 3. The van der Waals surface area contributed by atoms with Gasteiger partial charge in [-0.2, -0.15) is 18.3 Å². The van der Waals surface area contributed by atoms with Crippen LogP contribution in [0, 0.1) is 0 Å². The van der Waals surface area contributed by atoms with Gasteiger partial charge < -0.3 is 10.6 Å². The molecule has 0 saturated heterocycles. The maximum absolute atomic E-state index is 13.3. The summed E-state index contributed by atoms with van der Waals surface area (Å²) in [4.78, 5) is 5.10. The molecule has 33 heavy (non-hydrogen) atoms. The molecule has 0 aliphatic carbocycles. The molecule has 10 heteroatoms. The Morgan fingerprint density at radius 3 is 2.52 bits per heavy atom. The zero-order chi connectivity index (χ0) is 23.4. The van der Waals surface area contributed by atoms with Gasteiger partial charge in [0, 0.05) is 63.6 Å². The second-order valence-electron chi connectivity index (χ2n) is 7.43. The Labute approximate surface area is 191 Å². The normalized spacial score (nSPS) is 12.6. The van der Waals surface area contributed by atoms with E-state index in [1.165, 1.54) is 6.20 Å². The van der Waals surface area contributed by atoms with Crippen molar-refractivity contribution < 1.29 is 17.4 Å². The van der Waals surface area contributed by atoms with Gasteiger partial charge in [-0.3, -0.25) is 14.3 Å². The number of aromatic amines is 1. The fraction of sp³-hybridized carbons (Fsp3) is 0.217. The molecule has 2 aromatic heterocycles. The number of halogens is 3. The van der Waals surface area contributed by atoms with E-state index in [1.807, 2.05) is 35.4 Å². The first-order valence-electron chi connectivity index (χ1n) is 10.2. The lowest BCUT2D eigenvalue weighted by Gasteiger charge is -2.12. The minimum atomic E-state index is -4.52. The number of alkyl halides is 3. The van der Waals surface area contributed by atoms with Crippen LogP contribution in [-0.4, -0.2) is 38.7 Å². The molecule has 2 aromatic carbocycles. The highest BCUT2D eigenvalue weighted by Crippen LogP contribution is 2.36. The highest BCUT2D eigenvalue weighted by Gasteiger charge is 2.35. The van der Waals surface area contributed by atoms with Crippen LogP contribution in [0.2, 0.25) is 0 Å². The zero-order valence-electron chi connectivity index (χ0n) is 17.7. The lowest BCUT2D eigenvalue weighted by atomic mass is 10.0. The van der Waals surface area contributed by atoms with E-state index in [1.54, 1.807) is 30.7 Å². The van der Waals surface area contributed by atoms with Crippen LogP contribution in [0.15, 0.2) is 65.8 Å². The van der Waals surface area contributed by atoms with Crippen LogP contribution >= 0.6 is 0 Å². The fourth-order valence-electron chi connectivity index (χ4n) is 3.50. The predicted molar refractivity (Wildman–Crippen MR) is 125 cm³/mol. The second kappa shape index (κ2) is 9.62. The Morgan fingerprint density at radius 2 is 1.79 bits per heavy atom. The Balaban J connectivity index is 1.42. The molecule has 4 aromatic rings. The summed E-state index contributed by atoms with van der Waals surface area (Å²) >= 11 is 0. The molecule has 6 nitrogen and oxygen atoms in total. The maximum atomic E-state index is 13.3. The average Bonchev–Trinajstić information content (AvgIpc) is 3.30. The highest BCUT2D eigenvalue weighted by molar-refractivity contribution is 7.84. The molecule has 0 aliphatic rings. The van der Waals surface area contributed by atoms with E-state index >= 15 is 0 Å². The van der Waals surface area contributed by atoms with Gasteiger partial charge in [0.25, 0.3) is 0 Å². The van der Waals surface area contributed by atoms with Crippen molar-refractivity contribution >= 4 is 33.1 Å². The molecule has 0 spiro atoms. The molecule has 1 unspecified atom stereocenters. The third-order valence-corrected chi connectivity index (χ3v) is 6.10. The van der Waals surface area contributed by atoms with Crippen LogP contribution in [0.5, 0.6) is 0 Å². The summed E-state index contributed by atoms with van der Waals surface area (Å²) in [6.45, 7) is 1.38. The standard InChI is InChI=1S/C23H22F3N5OS/c1-33(32)17-6-4-16(5-7-17)27-10-2-11-28-21-9-12-29-20-8-3-15(13-18(20)21)19-14-30-31-22(19)23(24,25)26/h3-9,12-14,27H,2,10-11H2,1H3,(H,28,29)(H,30,31). The average molecular weight is 474 g/mol. The molecule has 1 atom stereocenters. The number of hydrogen-bond donors (Lipinski definition) is 3. The molecule has 0 aliphatic heterocycles. The van der Waals surface area contributed by atoms with Gasteiger partial charge in [0.1, 0.15) is 5.69 Å². The van der Waals surface area contributed by atoms with E-state index in [9.17, 15) is 17.4 Å². The highest BCUT2D eigenvalue weighted by atomic mass is 32.2. The van der Waals surface area contributed by atoms with Crippen molar-refractivity contribution in [2.24, 2.45) is 0 Å². The van der Waals surface area contributed by atoms with Gasteiger partial charge >= 0.3 is 6.18 Å². The smallest absolute Gasteiger partial charge is 0.385 e. The predicted octanol–water partition coefficient (Wildman–Crippen LogP) is 5.30. The van der Waals surface area contributed by atoms with Gasteiger partial charge in [-0.15, -0.1) is 0 Å². The SMILES string of the molecule is CS(=O)c1ccc(NCCCNc2ccnc3ccc(-c4cn[nH]c4C(F)(F)F)cc23)cc1. The van der Waals surface area contributed by atoms with Crippen LogP contribution in [0.25, 0.3) is 22.0 Å². The van der Waals surface area contributed by atoms with Crippen LogP contribution in [0.3, 0.4) is 0 Å². The van der Waals surface area contributed by atoms with E-state index in [2.05, 4.69) is 20.7 Å². The van der Waals surface area contributed by atoms with Crippen molar-refractivity contribution in [1.29, 1.82) is 0 Å². The topological polar surface area (TPSA) is 82.7 Å². The van der Waals surface area contributed by atoms with Gasteiger partial charge in [-0.25, -0.2) is 0 Å². The Kier molecular flexibility index (Phi) is 6.64. The van der Waals surface area contributed by atoms with E-state index in [0.717, 1.165) is 34.6 Å². The number of nitrogens with zero attached hydrogens (tertiary/aromatic N) is 2. The third-order valence-electron chi connectivity index (χ3n) is 5.16. The van der Waals surface area contributed by atoms with Crippen molar-refractivity contribution in [3.05, 3.63) is 66.6 Å². The van der Waals surface area contributed by atoms with Gasteiger partial charge in [0.15, 0.2) is 0 Å². The summed E-state index contributed by atoms with van der Waals surface area (Å²) in [5, 5.41) is 13.0. The number of hydrogen-bond acceptors (Lipinski definition) is 5. The molecule has 172 valence electrons.